The van der Waals surface area contributed by atoms with Gasteiger partial charge in [-0.25, -0.2) is 0 Å². The smallest absolute Gasteiger partial charge is 0.222 e. The van der Waals surface area contributed by atoms with E-state index in [-0.39, 0.29) is 17.5 Å². The van der Waals surface area contributed by atoms with Gasteiger partial charge in [-0.1, -0.05) is 6.07 Å². The van der Waals surface area contributed by atoms with Crippen molar-refractivity contribution in [3.8, 4) is 0 Å². The standard InChI is InChI=1S/C14H25N3OS/c1-14(2,3)16-13(18)8-11(9-15)17(4)10-12-6-5-7-19-12/h5-7,11H,8-10,15H2,1-4H3,(H,16,18). The highest BCUT2D eigenvalue weighted by atomic mass is 32.1. The number of nitrogens with one attached hydrogen (secondary N) is 1. The van der Waals surface area contributed by atoms with Gasteiger partial charge in [-0.05, 0) is 39.3 Å². The van der Waals surface area contributed by atoms with Gasteiger partial charge >= 0.3 is 0 Å². The summed E-state index contributed by atoms with van der Waals surface area (Å²) >= 11 is 1.73. The summed E-state index contributed by atoms with van der Waals surface area (Å²) in [7, 11) is 2.02. The third-order valence-corrected chi connectivity index (χ3v) is 3.68. The molecular weight excluding hydrogens is 258 g/mol. The van der Waals surface area contributed by atoms with E-state index in [1.54, 1.807) is 11.3 Å². The third kappa shape index (κ3) is 6.18. The van der Waals surface area contributed by atoms with Crippen LogP contribution in [0, 0.1) is 0 Å². The lowest BCUT2D eigenvalue weighted by Crippen LogP contribution is -2.46. The summed E-state index contributed by atoms with van der Waals surface area (Å²) in [6.45, 7) is 7.27. The number of rotatable bonds is 6. The molecule has 0 aliphatic rings. The fourth-order valence-corrected chi connectivity index (χ4v) is 2.65. The maximum atomic E-state index is 11.9. The molecule has 0 fully saturated rings. The second kappa shape index (κ2) is 7.03. The zero-order chi connectivity index (χ0) is 14.5. The molecule has 1 unspecified atom stereocenters. The molecule has 0 bridgehead atoms. The van der Waals surface area contributed by atoms with E-state index >= 15 is 0 Å². The molecular formula is C14H25N3OS. The molecule has 1 aromatic heterocycles. The van der Waals surface area contributed by atoms with Gasteiger partial charge in [0.15, 0.2) is 0 Å². The minimum absolute atomic E-state index is 0.0565. The fraction of sp³-hybridized carbons (Fsp3) is 0.643. The van der Waals surface area contributed by atoms with E-state index in [2.05, 4.69) is 21.7 Å². The highest BCUT2D eigenvalue weighted by Gasteiger charge is 2.20. The van der Waals surface area contributed by atoms with Crippen molar-refractivity contribution in [1.29, 1.82) is 0 Å². The zero-order valence-corrected chi connectivity index (χ0v) is 13.1. The first-order chi connectivity index (χ1) is 8.81. The highest BCUT2D eigenvalue weighted by Crippen LogP contribution is 2.13. The number of carbonyl (C=O) groups excluding carboxylic acids is 1. The molecule has 0 radical (unpaired) electrons. The first-order valence-electron chi connectivity index (χ1n) is 6.55. The van der Waals surface area contributed by atoms with E-state index in [1.165, 1.54) is 4.88 Å². The number of amides is 1. The van der Waals surface area contributed by atoms with E-state index < -0.39 is 0 Å². The van der Waals surface area contributed by atoms with Crippen LogP contribution in [0.5, 0.6) is 0 Å². The molecule has 1 atom stereocenters. The van der Waals surface area contributed by atoms with Gasteiger partial charge in [-0.2, -0.15) is 0 Å². The molecule has 0 aliphatic carbocycles. The van der Waals surface area contributed by atoms with Gasteiger partial charge in [0.1, 0.15) is 0 Å². The molecule has 5 heteroatoms. The first kappa shape index (κ1) is 16.1. The van der Waals surface area contributed by atoms with Gasteiger partial charge in [0, 0.05) is 36.0 Å². The lowest BCUT2D eigenvalue weighted by molar-refractivity contribution is -0.123. The summed E-state index contributed by atoms with van der Waals surface area (Å²) in [5.41, 5.74) is 5.60. The van der Waals surface area contributed by atoms with Gasteiger partial charge in [-0.15, -0.1) is 11.3 Å². The van der Waals surface area contributed by atoms with Crippen LogP contribution in [-0.2, 0) is 11.3 Å². The molecule has 0 saturated heterocycles. The Balaban J connectivity index is 2.50. The fourth-order valence-electron chi connectivity index (χ4n) is 1.88. The summed E-state index contributed by atoms with van der Waals surface area (Å²) in [5, 5.41) is 5.04. The maximum absolute atomic E-state index is 11.9. The van der Waals surface area contributed by atoms with Crippen molar-refractivity contribution in [3.05, 3.63) is 22.4 Å². The van der Waals surface area contributed by atoms with Crippen molar-refractivity contribution in [2.24, 2.45) is 5.73 Å². The van der Waals surface area contributed by atoms with E-state index in [1.807, 2.05) is 33.9 Å². The van der Waals surface area contributed by atoms with E-state index in [0.717, 1.165) is 6.54 Å². The molecule has 1 heterocycles. The zero-order valence-electron chi connectivity index (χ0n) is 12.3. The quantitative estimate of drug-likeness (QED) is 0.837. The average molecular weight is 283 g/mol. The van der Waals surface area contributed by atoms with Gasteiger partial charge in [0.2, 0.25) is 5.91 Å². The molecule has 3 N–H and O–H groups in total. The van der Waals surface area contributed by atoms with Crippen molar-refractivity contribution < 1.29 is 4.79 Å². The van der Waals surface area contributed by atoms with Crippen LogP contribution in [0.15, 0.2) is 17.5 Å². The van der Waals surface area contributed by atoms with E-state index in [0.29, 0.717) is 13.0 Å². The Morgan fingerprint density at radius 2 is 2.21 bits per heavy atom. The number of hydrogen-bond acceptors (Lipinski definition) is 4. The second-order valence-corrected chi connectivity index (χ2v) is 6.92. The number of hydrogen-bond donors (Lipinski definition) is 2. The third-order valence-electron chi connectivity index (χ3n) is 2.82. The number of thiophene rings is 1. The molecule has 1 amide bonds. The Morgan fingerprint density at radius 1 is 1.53 bits per heavy atom. The number of nitrogens with zero attached hydrogens (tertiary/aromatic N) is 1. The Labute approximate surface area is 120 Å². The van der Waals surface area contributed by atoms with E-state index in [9.17, 15) is 4.79 Å². The molecule has 1 rings (SSSR count). The van der Waals surface area contributed by atoms with Gasteiger partial charge < -0.3 is 11.1 Å². The van der Waals surface area contributed by atoms with Gasteiger partial charge in [0.05, 0.1) is 0 Å². The largest absolute Gasteiger partial charge is 0.351 e. The molecule has 19 heavy (non-hydrogen) atoms. The summed E-state index contributed by atoms with van der Waals surface area (Å²) in [4.78, 5) is 15.4. The Morgan fingerprint density at radius 3 is 2.68 bits per heavy atom. The minimum Gasteiger partial charge on any atom is -0.351 e. The maximum Gasteiger partial charge on any atom is 0.222 e. The van der Waals surface area contributed by atoms with Crippen molar-refractivity contribution in [3.63, 3.8) is 0 Å². The van der Waals surface area contributed by atoms with Crippen molar-refractivity contribution in [2.45, 2.75) is 45.3 Å². The van der Waals surface area contributed by atoms with Crippen LogP contribution in [0.1, 0.15) is 32.1 Å². The van der Waals surface area contributed by atoms with Gasteiger partial charge in [0.25, 0.3) is 0 Å². The molecule has 0 spiro atoms. The lowest BCUT2D eigenvalue weighted by atomic mass is 10.1. The van der Waals surface area contributed by atoms with Crippen LogP contribution < -0.4 is 11.1 Å². The number of carbonyl (C=O) groups is 1. The molecule has 4 nitrogen and oxygen atoms in total. The van der Waals surface area contributed by atoms with Gasteiger partial charge in [-0.3, -0.25) is 9.69 Å². The molecule has 0 aromatic carbocycles. The Kier molecular flexibility index (Phi) is 5.97. The SMILES string of the molecule is CN(Cc1cccs1)C(CN)CC(=O)NC(C)(C)C. The predicted octanol–water partition coefficient (Wildman–Crippen LogP) is 1.81. The monoisotopic (exact) mass is 283 g/mol. The second-order valence-electron chi connectivity index (χ2n) is 5.89. The van der Waals surface area contributed by atoms with Crippen molar-refractivity contribution in [2.75, 3.05) is 13.6 Å². The van der Waals surface area contributed by atoms with Crippen LogP contribution in [0.2, 0.25) is 0 Å². The summed E-state index contributed by atoms with van der Waals surface area (Å²) in [5.74, 6) is 0.0565. The number of likely N-dealkylation sites (N-methyl/N-ethyl adjacent to an activating group) is 1. The Hall–Kier alpha value is -0.910. The summed E-state index contributed by atoms with van der Waals surface area (Å²) < 4.78 is 0. The Bertz CT molecular complexity index is 384. The first-order valence-corrected chi connectivity index (χ1v) is 7.43. The van der Waals surface area contributed by atoms with Crippen LogP contribution in [0.25, 0.3) is 0 Å². The van der Waals surface area contributed by atoms with Crippen molar-refractivity contribution in [1.82, 2.24) is 10.2 Å². The van der Waals surface area contributed by atoms with Crippen LogP contribution in [0.3, 0.4) is 0 Å². The molecule has 108 valence electrons. The molecule has 1 aromatic rings. The molecule has 0 aliphatic heterocycles. The summed E-state index contributed by atoms with van der Waals surface area (Å²) in [6.07, 6.45) is 0.440. The van der Waals surface area contributed by atoms with Crippen molar-refractivity contribution >= 4 is 17.2 Å². The lowest BCUT2D eigenvalue weighted by Gasteiger charge is -2.28. The summed E-state index contributed by atoms with van der Waals surface area (Å²) in [6, 6.07) is 4.21. The van der Waals surface area contributed by atoms with Crippen LogP contribution >= 0.6 is 11.3 Å². The van der Waals surface area contributed by atoms with Crippen LogP contribution in [0.4, 0.5) is 0 Å². The predicted molar refractivity (Wildman–Crippen MR) is 81.1 cm³/mol. The number of nitrogens with two attached hydrogens (primary N) is 1. The normalized spacial score (nSPS) is 13.6. The topological polar surface area (TPSA) is 58.4 Å². The average Bonchev–Trinajstić information content (AvgIpc) is 2.75. The van der Waals surface area contributed by atoms with E-state index in [4.69, 9.17) is 5.73 Å². The van der Waals surface area contributed by atoms with Crippen LogP contribution in [-0.4, -0.2) is 36.0 Å². The highest BCUT2D eigenvalue weighted by molar-refractivity contribution is 7.09. The molecule has 0 saturated carbocycles. The minimum atomic E-state index is -0.192.